The lowest BCUT2D eigenvalue weighted by atomic mass is 9.96. The summed E-state index contributed by atoms with van der Waals surface area (Å²) in [6.07, 6.45) is 7.38. The number of hydrogen-bond donors (Lipinski definition) is 0. The van der Waals surface area contributed by atoms with Gasteiger partial charge in [-0.2, -0.15) is 5.26 Å². The predicted octanol–water partition coefficient (Wildman–Crippen LogP) is 4.13. The molecule has 1 atom stereocenters. The molecule has 2 fully saturated rings. The first kappa shape index (κ1) is 27.9. The minimum Gasteiger partial charge on any atom is -0.466 e. The fourth-order valence-corrected chi connectivity index (χ4v) is 6.03. The molecule has 1 aromatic heterocycles. The van der Waals surface area contributed by atoms with Crippen LogP contribution in [0.2, 0.25) is 0 Å². The quantitative estimate of drug-likeness (QED) is 0.204. The molecule has 2 saturated heterocycles. The van der Waals surface area contributed by atoms with Crippen LogP contribution in [0.3, 0.4) is 0 Å². The lowest BCUT2D eigenvalue weighted by Gasteiger charge is -2.35. The molecule has 194 valence electrons. The molecular weight excluding hydrogens is 496 g/mol. The van der Waals surface area contributed by atoms with Gasteiger partial charge in [0.1, 0.15) is 21.8 Å². The fourth-order valence-electron chi connectivity index (χ4n) is 4.74. The van der Waals surface area contributed by atoms with Gasteiger partial charge in [-0.1, -0.05) is 50.2 Å². The molecule has 1 unspecified atom stereocenters. The summed E-state index contributed by atoms with van der Waals surface area (Å²) in [5.74, 6) is -0.108. The van der Waals surface area contributed by atoms with Gasteiger partial charge in [0.15, 0.2) is 0 Å². The average Bonchev–Trinajstić information content (AvgIpc) is 3.13. The molecule has 0 radical (unpaired) electrons. The number of nitriles is 1. The van der Waals surface area contributed by atoms with Crippen LogP contribution >= 0.6 is 24.0 Å². The topological polar surface area (TPSA) is 95.6 Å². The van der Waals surface area contributed by atoms with Gasteiger partial charge in [-0.25, -0.2) is 0 Å². The van der Waals surface area contributed by atoms with Crippen molar-refractivity contribution in [2.75, 3.05) is 31.1 Å². The summed E-state index contributed by atoms with van der Waals surface area (Å²) in [4.78, 5) is 42.8. The Hall–Kier alpha value is -2.64. The number of anilines is 1. The lowest BCUT2D eigenvalue weighted by Crippen LogP contribution is -2.42. The summed E-state index contributed by atoms with van der Waals surface area (Å²) in [6.45, 7) is 7.59. The molecule has 0 aliphatic carbocycles. The van der Waals surface area contributed by atoms with Gasteiger partial charge in [0.05, 0.1) is 17.4 Å². The first-order valence-corrected chi connectivity index (χ1v) is 13.8. The molecule has 10 heteroatoms. The first-order chi connectivity index (χ1) is 17.2. The molecule has 8 nitrogen and oxygen atoms in total. The number of nitrogens with zero attached hydrogens (tertiary/aromatic N) is 4. The molecule has 1 amide bonds. The Labute approximate surface area is 222 Å². The summed E-state index contributed by atoms with van der Waals surface area (Å²) in [6, 6.07) is 2.03. The van der Waals surface area contributed by atoms with Crippen LogP contribution in [-0.2, 0) is 21.4 Å². The van der Waals surface area contributed by atoms with E-state index in [4.69, 9.17) is 17.0 Å². The Bertz CT molecular complexity index is 1170. The van der Waals surface area contributed by atoms with Crippen LogP contribution in [-0.4, -0.2) is 51.9 Å². The Morgan fingerprint density at radius 1 is 1.28 bits per heavy atom. The molecular formula is C26H34N4O4S2. The monoisotopic (exact) mass is 530 g/mol. The fraction of sp³-hybridized carbons (Fsp3) is 0.577. The maximum Gasteiger partial charge on any atom is 0.310 e. The van der Waals surface area contributed by atoms with Crippen LogP contribution in [0.5, 0.6) is 0 Å². The van der Waals surface area contributed by atoms with Crippen molar-refractivity contribution in [1.29, 1.82) is 5.26 Å². The van der Waals surface area contributed by atoms with Gasteiger partial charge >= 0.3 is 5.97 Å². The van der Waals surface area contributed by atoms with Gasteiger partial charge in [0.2, 0.25) is 0 Å². The number of carbonyl (C=O) groups is 2. The smallest absolute Gasteiger partial charge is 0.310 e. The minimum atomic E-state index is -0.399. The Morgan fingerprint density at radius 2 is 2.03 bits per heavy atom. The number of thiocarbonyl (C=S) groups is 1. The van der Waals surface area contributed by atoms with E-state index in [2.05, 4.69) is 6.92 Å². The van der Waals surface area contributed by atoms with Crippen molar-refractivity contribution in [2.45, 2.75) is 59.3 Å². The van der Waals surface area contributed by atoms with E-state index in [1.54, 1.807) is 31.9 Å². The number of hydrogen-bond acceptors (Lipinski definition) is 8. The molecule has 0 bridgehead atoms. The largest absolute Gasteiger partial charge is 0.466 e. The van der Waals surface area contributed by atoms with Crippen molar-refractivity contribution < 1.29 is 14.3 Å². The number of esters is 1. The maximum absolute atomic E-state index is 13.2. The molecule has 0 spiro atoms. The van der Waals surface area contributed by atoms with Crippen LogP contribution in [0.4, 0.5) is 5.82 Å². The number of piperidine rings is 1. The molecule has 0 aromatic carbocycles. The van der Waals surface area contributed by atoms with Crippen LogP contribution < -0.4 is 10.5 Å². The van der Waals surface area contributed by atoms with Crippen molar-refractivity contribution in [1.82, 2.24) is 9.47 Å². The number of carbonyl (C=O) groups excluding carboxylic acids is 2. The van der Waals surface area contributed by atoms with E-state index >= 15 is 0 Å². The third-order valence-electron chi connectivity index (χ3n) is 6.69. The van der Waals surface area contributed by atoms with E-state index in [0.29, 0.717) is 58.8 Å². The van der Waals surface area contributed by atoms with Gasteiger partial charge in [-0.15, -0.1) is 0 Å². The van der Waals surface area contributed by atoms with Crippen LogP contribution in [0.25, 0.3) is 6.08 Å². The zero-order chi connectivity index (χ0) is 26.4. The van der Waals surface area contributed by atoms with E-state index in [1.807, 2.05) is 11.0 Å². The highest BCUT2D eigenvalue weighted by atomic mass is 32.2. The standard InChI is InChI=1S/C26H34N4O4S2/c1-5-7-8-9-13-30-24(32)21(36-26(30)35)14-19-17(3)20(15-27)23(31)28(4)22(19)29-12-10-11-18(16-29)25(33)34-6-2/h14,18H,5-13,16H2,1-4H3. The molecule has 2 aliphatic rings. The highest BCUT2D eigenvalue weighted by Crippen LogP contribution is 2.36. The summed E-state index contributed by atoms with van der Waals surface area (Å²) in [5.41, 5.74) is 0.789. The number of amides is 1. The van der Waals surface area contributed by atoms with Crippen molar-refractivity contribution >= 4 is 52.1 Å². The predicted molar refractivity (Wildman–Crippen MR) is 147 cm³/mol. The minimum absolute atomic E-state index is 0.0431. The third-order valence-corrected chi connectivity index (χ3v) is 8.07. The van der Waals surface area contributed by atoms with Crippen molar-refractivity contribution in [3.8, 4) is 6.07 Å². The third kappa shape index (κ3) is 5.84. The number of thioether (sulfide) groups is 1. The van der Waals surface area contributed by atoms with E-state index in [-0.39, 0.29) is 23.4 Å². The molecule has 36 heavy (non-hydrogen) atoms. The van der Waals surface area contributed by atoms with Crippen LogP contribution in [0.1, 0.15) is 69.1 Å². The van der Waals surface area contributed by atoms with E-state index in [0.717, 1.165) is 32.1 Å². The Balaban J connectivity index is 2.02. The second-order valence-corrected chi connectivity index (χ2v) is 10.8. The summed E-state index contributed by atoms with van der Waals surface area (Å²) in [5, 5.41) is 9.70. The van der Waals surface area contributed by atoms with Gasteiger partial charge < -0.3 is 9.64 Å². The van der Waals surface area contributed by atoms with Crippen molar-refractivity contribution in [2.24, 2.45) is 13.0 Å². The van der Waals surface area contributed by atoms with Crippen LogP contribution in [0.15, 0.2) is 9.70 Å². The van der Waals surface area contributed by atoms with Crippen molar-refractivity contribution in [3.63, 3.8) is 0 Å². The summed E-state index contributed by atoms with van der Waals surface area (Å²) in [7, 11) is 1.63. The highest BCUT2D eigenvalue weighted by molar-refractivity contribution is 8.26. The second kappa shape index (κ2) is 12.5. The molecule has 3 heterocycles. The zero-order valence-electron chi connectivity index (χ0n) is 21.5. The zero-order valence-corrected chi connectivity index (χ0v) is 23.1. The van der Waals surface area contributed by atoms with E-state index in [1.165, 1.54) is 16.3 Å². The molecule has 0 saturated carbocycles. The normalized spacial score (nSPS) is 19.2. The Morgan fingerprint density at radius 3 is 2.69 bits per heavy atom. The number of pyridine rings is 1. The highest BCUT2D eigenvalue weighted by Gasteiger charge is 2.34. The number of unbranched alkanes of at least 4 members (excludes halogenated alkanes) is 3. The number of rotatable bonds is 9. The van der Waals surface area contributed by atoms with E-state index < -0.39 is 5.56 Å². The number of aromatic nitrogens is 1. The maximum atomic E-state index is 13.2. The second-order valence-electron chi connectivity index (χ2n) is 9.14. The summed E-state index contributed by atoms with van der Waals surface area (Å²) >= 11 is 6.75. The average molecular weight is 531 g/mol. The molecule has 0 N–H and O–H groups in total. The van der Waals surface area contributed by atoms with Crippen molar-refractivity contribution in [3.05, 3.63) is 31.9 Å². The molecule has 3 rings (SSSR count). The first-order valence-electron chi connectivity index (χ1n) is 12.6. The van der Waals surface area contributed by atoms with Gasteiger partial charge in [-0.05, 0) is 44.7 Å². The Kier molecular flexibility index (Phi) is 9.74. The van der Waals surface area contributed by atoms with Crippen LogP contribution in [0, 0.1) is 24.2 Å². The van der Waals surface area contributed by atoms with Gasteiger partial charge in [-0.3, -0.25) is 23.9 Å². The molecule has 2 aliphatic heterocycles. The van der Waals surface area contributed by atoms with Gasteiger partial charge in [0, 0.05) is 32.2 Å². The summed E-state index contributed by atoms with van der Waals surface area (Å²) < 4.78 is 7.22. The lowest BCUT2D eigenvalue weighted by molar-refractivity contribution is -0.148. The van der Waals surface area contributed by atoms with Gasteiger partial charge in [0.25, 0.3) is 11.5 Å². The molecule has 1 aromatic rings. The number of ether oxygens (including phenoxy) is 1. The SMILES string of the molecule is CCCCCCN1C(=O)C(=Cc2c(C)c(C#N)c(=O)n(C)c2N2CCCC(C(=O)OCC)C2)SC1=S. The van der Waals surface area contributed by atoms with E-state index in [9.17, 15) is 19.6 Å².